The van der Waals surface area contributed by atoms with Crippen molar-refractivity contribution in [2.45, 2.75) is 6.42 Å². The van der Waals surface area contributed by atoms with Crippen LogP contribution in [0.3, 0.4) is 0 Å². The molecular formula is C9H13ClN2O2. The van der Waals surface area contributed by atoms with E-state index in [-0.39, 0.29) is 18.5 Å². The van der Waals surface area contributed by atoms with Crippen molar-refractivity contribution in [3.63, 3.8) is 0 Å². The number of amides is 3. The van der Waals surface area contributed by atoms with Gasteiger partial charge in [0.15, 0.2) is 0 Å². The van der Waals surface area contributed by atoms with Crippen LogP contribution in [0.2, 0.25) is 0 Å². The van der Waals surface area contributed by atoms with Gasteiger partial charge in [-0.05, 0) is 6.42 Å². The Bertz CT molecular complexity index is 255. The van der Waals surface area contributed by atoms with Gasteiger partial charge in [0.05, 0.1) is 0 Å². The number of alkyl halides is 1. The van der Waals surface area contributed by atoms with Crippen molar-refractivity contribution in [1.82, 2.24) is 9.80 Å². The maximum atomic E-state index is 11.6. The first-order chi connectivity index (χ1) is 6.70. The lowest BCUT2D eigenvalue weighted by Gasteiger charge is -2.14. The van der Waals surface area contributed by atoms with E-state index in [0.717, 1.165) is 0 Å². The molecule has 3 amide bonds. The zero-order valence-electron chi connectivity index (χ0n) is 7.91. The van der Waals surface area contributed by atoms with Crippen molar-refractivity contribution in [1.29, 1.82) is 0 Å². The van der Waals surface area contributed by atoms with E-state index in [4.69, 9.17) is 11.6 Å². The third-order valence-corrected chi connectivity index (χ3v) is 2.26. The third kappa shape index (κ3) is 2.26. The second-order valence-corrected chi connectivity index (χ2v) is 3.42. The Labute approximate surface area is 88.1 Å². The fraction of sp³-hybridized carbons (Fsp3) is 0.556. The molecule has 0 aromatic carbocycles. The van der Waals surface area contributed by atoms with E-state index in [9.17, 15) is 9.59 Å². The number of urea groups is 1. The monoisotopic (exact) mass is 216 g/mol. The molecule has 0 radical (unpaired) electrons. The van der Waals surface area contributed by atoms with Crippen molar-refractivity contribution in [3.05, 3.63) is 12.7 Å². The quantitative estimate of drug-likeness (QED) is 0.392. The summed E-state index contributed by atoms with van der Waals surface area (Å²) in [5.41, 5.74) is 0. The normalized spacial score (nSPS) is 16.6. The van der Waals surface area contributed by atoms with E-state index in [1.807, 2.05) is 0 Å². The van der Waals surface area contributed by atoms with Crippen LogP contribution in [0, 0.1) is 0 Å². The summed E-state index contributed by atoms with van der Waals surface area (Å²) in [6.45, 7) is 4.52. The number of rotatable bonds is 5. The number of imide groups is 1. The van der Waals surface area contributed by atoms with E-state index in [1.54, 1.807) is 6.08 Å². The average molecular weight is 217 g/mol. The fourth-order valence-electron chi connectivity index (χ4n) is 1.33. The molecule has 0 aliphatic carbocycles. The summed E-state index contributed by atoms with van der Waals surface area (Å²) in [4.78, 5) is 25.6. The molecule has 0 aromatic heterocycles. The van der Waals surface area contributed by atoms with E-state index in [1.165, 1.54) is 9.80 Å². The van der Waals surface area contributed by atoms with Crippen LogP contribution in [-0.2, 0) is 4.79 Å². The first-order valence-electron chi connectivity index (χ1n) is 4.47. The molecule has 1 rings (SSSR count). The van der Waals surface area contributed by atoms with Crippen LogP contribution in [0.5, 0.6) is 0 Å². The van der Waals surface area contributed by atoms with Gasteiger partial charge in [-0.2, -0.15) is 0 Å². The Morgan fingerprint density at radius 2 is 2.21 bits per heavy atom. The zero-order chi connectivity index (χ0) is 10.6. The molecule has 14 heavy (non-hydrogen) atoms. The van der Waals surface area contributed by atoms with Gasteiger partial charge >= 0.3 is 6.03 Å². The highest BCUT2D eigenvalue weighted by molar-refractivity contribution is 6.17. The molecule has 1 aliphatic rings. The Hall–Kier alpha value is -1.03. The van der Waals surface area contributed by atoms with Gasteiger partial charge in [-0.1, -0.05) is 6.08 Å². The fourth-order valence-corrected chi connectivity index (χ4v) is 1.45. The third-order valence-electron chi connectivity index (χ3n) is 1.99. The van der Waals surface area contributed by atoms with Crippen molar-refractivity contribution >= 4 is 23.5 Å². The van der Waals surface area contributed by atoms with Crippen LogP contribution in [-0.4, -0.2) is 47.3 Å². The van der Waals surface area contributed by atoms with Gasteiger partial charge in [-0.25, -0.2) is 4.79 Å². The predicted molar refractivity (Wildman–Crippen MR) is 54.2 cm³/mol. The van der Waals surface area contributed by atoms with E-state index >= 15 is 0 Å². The molecule has 1 heterocycles. The van der Waals surface area contributed by atoms with Gasteiger partial charge < -0.3 is 4.90 Å². The summed E-state index contributed by atoms with van der Waals surface area (Å²) >= 11 is 5.49. The topological polar surface area (TPSA) is 40.6 Å². The Kier molecular flexibility index (Phi) is 3.95. The van der Waals surface area contributed by atoms with Crippen LogP contribution in [0.1, 0.15) is 6.42 Å². The van der Waals surface area contributed by atoms with Gasteiger partial charge in [0.2, 0.25) is 5.91 Å². The van der Waals surface area contributed by atoms with Gasteiger partial charge in [-0.15, -0.1) is 18.2 Å². The number of nitrogens with zero attached hydrogens (tertiary/aromatic N) is 2. The minimum absolute atomic E-state index is 0.151. The molecule has 0 spiro atoms. The molecule has 78 valence electrons. The minimum Gasteiger partial charge on any atom is -0.311 e. The molecule has 1 aliphatic heterocycles. The molecule has 5 heteroatoms. The van der Waals surface area contributed by atoms with Crippen LogP contribution in [0.25, 0.3) is 0 Å². The van der Waals surface area contributed by atoms with E-state index in [2.05, 4.69) is 6.58 Å². The summed E-state index contributed by atoms with van der Waals surface area (Å²) in [7, 11) is 0. The van der Waals surface area contributed by atoms with Gasteiger partial charge in [-0.3, -0.25) is 9.69 Å². The van der Waals surface area contributed by atoms with Gasteiger partial charge in [0.25, 0.3) is 0 Å². The minimum atomic E-state index is -0.236. The van der Waals surface area contributed by atoms with Crippen LogP contribution in [0.4, 0.5) is 4.79 Å². The number of hydrogen-bond acceptors (Lipinski definition) is 2. The van der Waals surface area contributed by atoms with E-state index in [0.29, 0.717) is 25.4 Å². The van der Waals surface area contributed by atoms with Crippen molar-refractivity contribution in [3.8, 4) is 0 Å². The summed E-state index contributed by atoms with van der Waals surface area (Å²) < 4.78 is 0. The van der Waals surface area contributed by atoms with Crippen molar-refractivity contribution < 1.29 is 9.59 Å². The number of halogens is 1. The molecule has 0 aromatic rings. The lowest BCUT2D eigenvalue weighted by atomic mass is 10.4. The molecule has 0 N–H and O–H groups in total. The molecule has 4 nitrogen and oxygen atoms in total. The predicted octanol–water partition coefficient (Wildman–Crippen LogP) is 1.07. The molecule has 0 saturated carbocycles. The van der Waals surface area contributed by atoms with Gasteiger partial charge in [0.1, 0.15) is 6.54 Å². The highest BCUT2D eigenvalue weighted by Gasteiger charge is 2.34. The molecule has 1 fully saturated rings. The number of hydrogen-bond donors (Lipinski definition) is 0. The largest absolute Gasteiger partial charge is 0.327 e. The highest BCUT2D eigenvalue weighted by atomic mass is 35.5. The average Bonchev–Trinajstić information content (AvgIpc) is 2.41. The molecule has 1 saturated heterocycles. The molecule has 0 bridgehead atoms. The smallest absolute Gasteiger partial charge is 0.311 e. The zero-order valence-corrected chi connectivity index (χ0v) is 8.66. The maximum absolute atomic E-state index is 11.6. The summed E-state index contributed by atoms with van der Waals surface area (Å²) in [6.07, 6.45) is 2.25. The summed E-state index contributed by atoms with van der Waals surface area (Å²) in [5.74, 6) is 0.306. The van der Waals surface area contributed by atoms with E-state index < -0.39 is 0 Å². The van der Waals surface area contributed by atoms with Crippen LogP contribution >= 0.6 is 11.6 Å². The molecular weight excluding hydrogens is 204 g/mol. The summed E-state index contributed by atoms with van der Waals surface area (Å²) in [5, 5.41) is 0. The van der Waals surface area contributed by atoms with Crippen molar-refractivity contribution in [2.75, 3.05) is 25.5 Å². The van der Waals surface area contributed by atoms with Crippen LogP contribution < -0.4 is 0 Å². The first kappa shape index (κ1) is 11.0. The Morgan fingerprint density at radius 3 is 2.79 bits per heavy atom. The molecule has 0 atom stereocenters. The maximum Gasteiger partial charge on any atom is 0.327 e. The molecule has 0 unspecified atom stereocenters. The first-order valence-corrected chi connectivity index (χ1v) is 5.00. The number of carbonyl (C=O) groups is 2. The second kappa shape index (κ2) is 5.00. The van der Waals surface area contributed by atoms with Crippen LogP contribution in [0.15, 0.2) is 12.7 Å². The standard InChI is InChI=1S/C9H13ClN2O2/c1-2-5-11-7-8(13)12(9(11)14)6-3-4-10/h2H,1,3-7H2. The second-order valence-electron chi connectivity index (χ2n) is 3.04. The lowest BCUT2D eigenvalue weighted by molar-refractivity contribution is -0.125. The Morgan fingerprint density at radius 1 is 1.50 bits per heavy atom. The van der Waals surface area contributed by atoms with Gasteiger partial charge in [0, 0.05) is 19.0 Å². The highest BCUT2D eigenvalue weighted by Crippen LogP contribution is 2.10. The Balaban J connectivity index is 2.56. The number of carbonyl (C=O) groups excluding carboxylic acids is 2. The van der Waals surface area contributed by atoms with Crippen molar-refractivity contribution in [2.24, 2.45) is 0 Å². The SMILES string of the molecule is C=CCN1CC(=O)N(CCCCl)C1=O. The summed E-state index contributed by atoms with van der Waals surface area (Å²) in [6, 6.07) is -0.236. The lowest BCUT2D eigenvalue weighted by Crippen LogP contribution is -2.34.